The van der Waals surface area contributed by atoms with Crippen molar-refractivity contribution in [3.63, 3.8) is 0 Å². The van der Waals surface area contributed by atoms with Crippen molar-refractivity contribution in [1.29, 1.82) is 0 Å². The molecule has 18 heteroatoms. The van der Waals surface area contributed by atoms with Gasteiger partial charge in [-0.1, -0.05) is 32.4 Å². The molecule has 0 saturated carbocycles. The number of ether oxygens (including phenoxy) is 3. The Labute approximate surface area is 311 Å². The van der Waals surface area contributed by atoms with Gasteiger partial charge < -0.3 is 40.0 Å². The Morgan fingerprint density at radius 1 is 0.755 bits per heavy atom. The van der Waals surface area contributed by atoms with E-state index in [2.05, 4.69) is 25.8 Å². The van der Waals surface area contributed by atoms with E-state index in [1.54, 1.807) is 48.5 Å². The smallest absolute Gasteiger partial charge is 0.467 e. The maximum absolute atomic E-state index is 13.9. The van der Waals surface area contributed by atoms with E-state index in [0.717, 1.165) is 0 Å². The van der Waals surface area contributed by atoms with E-state index in [0.29, 0.717) is 12.0 Å². The number of hydrogen-bond acceptors (Lipinski definition) is 12. The van der Waals surface area contributed by atoms with Crippen LogP contribution in [0.3, 0.4) is 0 Å². The molecule has 0 aliphatic carbocycles. The lowest BCUT2D eigenvalue weighted by atomic mass is 9.98. The van der Waals surface area contributed by atoms with Gasteiger partial charge in [0.05, 0.1) is 13.2 Å². The van der Waals surface area contributed by atoms with E-state index < -0.39 is 78.8 Å². The van der Waals surface area contributed by atoms with Crippen LogP contribution in [0, 0.1) is 5.92 Å². The van der Waals surface area contributed by atoms with E-state index in [4.69, 9.17) is 24.0 Å². The van der Waals surface area contributed by atoms with Gasteiger partial charge in [-0.2, -0.15) is 0 Å². The molecular weight excluding hydrogens is 715 g/mol. The Kier molecular flexibility index (Phi) is 18.6. The second kappa shape index (κ2) is 21.0. The van der Waals surface area contributed by atoms with Crippen LogP contribution in [0.25, 0.3) is 0 Å². The highest BCUT2D eigenvalue weighted by Gasteiger charge is 2.34. The third kappa shape index (κ3) is 19.0. The van der Waals surface area contributed by atoms with E-state index in [9.17, 15) is 33.3 Å². The molecule has 300 valence electrons. The normalized spacial score (nSPS) is 14.7. The third-order valence-corrected chi connectivity index (χ3v) is 8.05. The maximum Gasteiger partial charge on any atom is 0.524 e. The predicted octanol–water partition coefficient (Wildman–Crippen LogP) is 2.21. The molecule has 53 heavy (non-hydrogen) atoms. The molecule has 0 radical (unpaired) electrons. The van der Waals surface area contributed by atoms with Crippen molar-refractivity contribution in [3.05, 3.63) is 29.8 Å². The number of carbonyl (C=O) groups is 6. The molecule has 1 unspecified atom stereocenters. The fraction of sp³-hybridized carbons (Fsp3) is 0.657. The predicted molar refractivity (Wildman–Crippen MR) is 193 cm³/mol. The van der Waals surface area contributed by atoms with Crippen LogP contribution in [-0.4, -0.2) is 94.9 Å². The first-order chi connectivity index (χ1) is 24.4. The summed E-state index contributed by atoms with van der Waals surface area (Å²) < 4.78 is 31.3. The first kappa shape index (κ1) is 47.0. The molecule has 6 N–H and O–H groups in total. The molecule has 0 bridgehead atoms. The van der Waals surface area contributed by atoms with Gasteiger partial charge in [-0.05, 0) is 91.5 Å². The van der Waals surface area contributed by atoms with Gasteiger partial charge in [-0.25, -0.2) is 9.36 Å². The number of nitrogens with one attached hydrogen (secondary N) is 4. The van der Waals surface area contributed by atoms with Crippen LogP contribution in [0.1, 0.15) is 93.1 Å². The highest BCUT2D eigenvalue weighted by molar-refractivity contribution is 7.46. The average Bonchev–Trinajstić information content (AvgIpc) is 3.03. The van der Waals surface area contributed by atoms with Crippen LogP contribution in [0.15, 0.2) is 24.3 Å². The summed E-state index contributed by atoms with van der Waals surface area (Å²) in [5.74, 6) is -4.68. The van der Waals surface area contributed by atoms with Gasteiger partial charge in [0, 0.05) is 12.8 Å². The highest BCUT2D eigenvalue weighted by atomic mass is 31.2. The average molecular weight is 773 g/mol. The summed E-state index contributed by atoms with van der Waals surface area (Å²) in [4.78, 5) is 97.0. The standard InChI is InChI=1S/C35H57N4O13P/c1-11-21(2)29(33(45)49-10)39-31(43)25(17-19-28(41)51-35(6,7)8)37-30(42)24(16-18-27(40)50-34(3,4)5)38-32(44)26(36-9)20-22-12-14-23(15-13-22)52-53(46,47)48/h12-15,21,24-26,29,36H,11,16-20H2,1-10H3,(H,37,42)(H,38,44)(H,39,43)(H2,46,47,48)/t21?,24-,25-,26-,29-/m0/s1. The Bertz CT molecular complexity index is 1450. The van der Waals surface area contributed by atoms with Gasteiger partial charge >= 0.3 is 25.7 Å². The summed E-state index contributed by atoms with van der Waals surface area (Å²) in [5, 5.41) is 10.7. The van der Waals surface area contributed by atoms with Crippen molar-refractivity contribution < 1.29 is 61.9 Å². The monoisotopic (exact) mass is 772 g/mol. The van der Waals surface area contributed by atoms with Gasteiger partial charge in [-0.15, -0.1) is 0 Å². The lowest BCUT2D eigenvalue weighted by Gasteiger charge is -2.28. The second-order valence-electron chi connectivity index (χ2n) is 14.5. The number of benzene rings is 1. The number of esters is 3. The zero-order valence-electron chi connectivity index (χ0n) is 32.3. The Hall–Kier alpha value is -4.05. The fourth-order valence-electron chi connectivity index (χ4n) is 4.83. The van der Waals surface area contributed by atoms with Crippen molar-refractivity contribution in [2.45, 2.75) is 129 Å². The molecule has 1 aromatic rings. The number of phosphoric ester groups is 1. The first-order valence-corrected chi connectivity index (χ1v) is 18.8. The molecule has 1 aromatic carbocycles. The van der Waals surface area contributed by atoms with Crippen LogP contribution < -0.4 is 25.8 Å². The minimum atomic E-state index is -4.77. The molecule has 1 rings (SSSR count). The van der Waals surface area contributed by atoms with Crippen LogP contribution in [0.2, 0.25) is 0 Å². The molecule has 17 nitrogen and oxygen atoms in total. The van der Waals surface area contributed by atoms with Gasteiger partial charge in [0.25, 0.3) is 0 Å². The Morgan fingerprint density at radius 2 is 1.19 bits per heavy atom. The molecule has 0 fully saturated rings. The SMILES string of the molecule is CCC(C)[C@H](NC(=O)[C@H](CCC(=O)OC(C)(C)C)NC(=O)[C@H](CCC(=O)OC(C)(C)C)NC(=O)[C@H](Cc1ccc(OP(=O)(O)O)cc1)NC)C(=O)OC. The highest BCUT2D eigenvalue weighted by Crippen LogP contribution is 2.37. The number of likely N-dealkylation sites (N-methyl/N-ethyl adjacent to an activating group) is 1. The molecule has 0 saturated heterocycles. The van der Waals surface area contributed by atoms with E-state index in [1.165, 1.54) is 38.4 Å². The molecule has 0 aliphatic rings. The molecule has 0 aromatic heterocycles. The summed E-state index contributed by atoms with van der Waals surface area (Å²) in [6.45, 7) is 13.6. The van der Waals surface area contributed by atoms with Crippen molar-refractivity contribution >= 4 is 43.5 Å². The van der Waals surface area contributed by atoms with E-state index in [1.807, 2.05) is 6.92 Å². The van der Waals surface area contributed by atoms with E-state index >= 15 is 0 Å². The number of phosphoric acid groups is 1. The summed E-state index contributed by atoms with van der Waals surface area (Å²) in [6, 6.07) is 0.926. The second-order valence-corrected chi connectivity index (χ2v) is 15.7. The molecule has 3 amide bonds. The molecule has 0 spiro atoms. The Morgan fingerprint density at radius 3 is 1.57 bits per heavy atom. The van der Waals surface area contributed by atoms with Gasteiger partial charge in [0.15, 0.2) is 0 Å². The molecular formula is C35H57N4O13P. The van der Waals surface area contributed by atoms with Crippen LogP contribution >= 0.6 is 7.82 Å². The summed E-state index contributed by atoms with van der Waals surface area (Å²) >= 11 is 0. The van der Waals surface area contributed by atoms with Crippen molar-refractivity contribution in [1.82, 2.24) is 21.3 Å². The van der Waals surface area contributed by atoms with Crippen LogP contribution in [-0.2, 0) is 54.0 Å². The minimum absolute atomic E-state index is 0.0738. The third-order valence-electron chi connectivity index (χ3n) is 7.60. The molecule has 0 aliphatic heterocycles. The van der Waals surface area contributed by atoms with Crippen LogP contribution in [0.4, 0.5) is 0 Å². The maximum atomic E-state index is 13.9. The summed E-state index contributed by atoms with van der Waals surface area (Å²) in [5.41, 5.74) is -1.06. The number of amides is 3. The minimum Gasteiger partial charge on any atom is -0.467 e. The number of rotatable bonds is 20. The Balaban J connectivity index is 3.38. The lowest BCUT2D eigenvalue weighted by Crippen LogP contribution is -2.58. The van der Waals surface area contributed by atoms with Gasteiger partial charge in [-0.3, -0.25) is 33.8 Å². The molecule has 5 atom stereocenters. The fourth-order valence-corrected chi connectivity index (χ4v) is 5.22. The summed E-state index contributed by atoms with van der Waals surface area (Å²) in [6.07, 6.45) is -0.440. The van der Waals surface area contributed by atoms with Crippen molar-refractivity contribution in [3.8, 4) is 5.75 Å². The topological polar surface area (TPSA) is 245 Å². The van der Waals surface area contributed by atoms with Crippen molar-refractivity contribution in [2.24, 2.45) is 5.92 Å². The number of hydrogen-bond donors (Lipinski definition) is 6. The first-order valence-electron chi connectivity index (χ1n) is 17.3. The number of carbonyl (C=O) groups excluding carboxylic acids is 6. The number of methoxy groups -OCH3 is 1. The van der Waals surface area contributed by atoms with Gasteiger partial charge in [0.2, 0.25) is 17.7 Å². The lowest BCUT2D eigenvalue weighted by molar-refractivity contribution is -0.156. The van der Waals surface area contributed by atoms with Crippen LogP contribution in [0.5, 0.6) is 5.75 Å². The van der Waals surface area contributed by atoms with E-state index in [-0.39, 0.29) is 43.8 Å². The molecule has 0 heterocycles. The van der Waals surface area contributed by atoms with Crippen molar-refractivity contribution in [2.75, 3.05) is 14.2 Å². The zero-order valence-corrected chi connectivity index (χ0v) is 33.2. The quantitative estimate of drug-likeness (QED) is 0.0633. The summed E-state index contributed by atoms with van der Waals surface area (Å²) in [7, 11) is -2.08. The zero-order chi connectivity index (χ0) is 40.7. The van der Waals surface area contributed by atoms with Gasteiger partial charge in [0.1, 0.15) is 35.1 Å². The largest absolute Gasteiger partial charge is 0.524 e.